The molecular formula is C10H11N3O. The first-order valence-electron chi connectivity index (χ1n) is 4.33. The van der Waals surface area contributed by atoms with Crippen molar-refractivity contribution in [1.29, 1.82) is 0 Å². The molecule has 1 aromatic heterocycles. The van der Waals surface area contributed by atoms with Crippen molar-refractivity contribution in [1.82, 2.24) is 10.2 Å². The largest absolute Gasteiger partial charge is 0.421 e. The highest BCUT2D eigenvalue weighted by atomic mass is 16.4. The molecule has 1 heterocycles. The van der Waals surface area contributed by atoms with Gasteiger partial charge in [-0.25, -0.2) is 0 Å². The molecule has 0 spiro atoms. The molecule has 1 aromatic carbocycles. The van der Waals surface area contributed by atoms with E-state index in [4.69, 9.17) is 10.2 Å². The van der Waals surface area contributed by atoms with E-state index in [9.17, 15) is 0 Å². The summed E-state index contributed by atoms with van der Waals surface area (Å²) in [5.74, 6) is 1.10. The summed E-state index contributed by atoms with van der Waals surface area (Å²) in [5, 5.41) is 7.70. The van der Waals surface area contributed by atoms with Gasteiger partial charge in [-0.3, -0.25) is 0 Å². The molecule has 0 saturated carbocycles. The summed E-state index contributed by atoms with van der Waals surface area (Å²) in [4.78, 5) is 0. The fourth-order valence-electron chi connectivity index (χ4n) is 1.22. The first kappa shape index (κ1) is 8.74. The van der Waals surface area contributed by atoms with Crippen LogP contribution in [0, 0.1) is 13.8 Å². The quantitative estimate of drug-likeness (QED) is 0.696. The van der Waals surface area contributed by atoms with Gasteiger partial charge in [-0.05, 0) is 30.7 Å². The second-order valence-corrected chi connectivity index (χ2v) is 3.20. The minimum atomic E-state index is 0.533. The van der Waals surface area contributed by atoms with E-state index < -0.39 is 0 Å². The zero-order valence-corrected chi connectivity index (χ0v) is 8.11. The lowest BCUT2D eigenvalue weighted by molar-refractivity contribution is 0.533. The summed E-state index contributed by atoms with van der Waals surface area (Å²) in [7, 11) is 0. The van der Waals surface area contributed by atoms with Crippen molar-refractivity contribution in [2.45, 2.75) is 13.8 Å². The highest BCUT2D eigenvalue weighted by Gasteiger charge is 2.06. The fourth-order valence-corrected chi connectivity index (χ4v) is 1.22. The Bertz CT molecular complexity index is 462. The Balaban J connectivity index is 2.47. The summed E-state index contributed by atoms with van der Waals surface area (Å²) >= 11 is 0. The maximum Gasteiger partial charge on any atom is 0.247 e. The molecule has 4 heteroatoms. The molecule has 0 radical (unpaired) electrons. The maximum absolute atomic E-state index is 5.71. The predicted octanol–water partition coefficient (Wildman–Crippen LogP) is 1.94. The Morgan fingerprint density at radius 2 is 2.00 bits per heavy atom. The minimum absolute atomic E-state index is 0.533. The highest BCUT2D eigenvalue weighted by Crippen LogP contribution is 2.21. The van der Waals surface area contributed by atoms with Gasteiger partial charge in [-0.15, -0.1) is 10.2 Å². The van der Waals surface area contributed by atoms with Gasteiger partial charge < -0.3 is 10.2 Å². The first-order chi connectivity index (χ1) is 6.66. The van der Waals surface area contributed by atoms with Crippen molar-refractivity contribution in [3.05, 3.63) is 29.7 Å². The van der Waals surface area contributed by atoms with Crippen molar-refractivity contribution in [2.24, 2.45) is 0 Å². The predicted molar refractivity (Wildman–Crippen MR) is 53.6 cm³/mol. The zero-order valence-electron chi connectivity index (χ0n) is 8.11. The number of hydrogen-bond donors (Lipinski definition) is 1. The van der Waals surface area contributed by atoms with E-state index >= 15 is 0 Å². The summed E-state index contributed by atoms with van der Waals surface area (Å²) in [5.41, 5.74) is 8.39. The molecule has 0 fully saturated rings. The van der Waals surface area contributed by atoms with Crippen molar-refractivity contribution < 1.29 is 4.42 Å². The van der Waals surface area contributed by atoms with E-state index in [-0.39, 0.29) is 0 Å². The van der Waals surface area contributed by atoms with E-state index in [0.717, 1.165) is 16.8 Å². The Labute approximate surface area is 81.8 Å². The van der Waals surface area contributed by atoms with E-state index in [1.165, 1.54) is 0 Å². The number of anilines is 1. The van der Waals surface area contributed by atoms with Gasteiger partial charge in [-0.1, -0.05) is 0 Å². The molecule has 2 N–H and O–H groups in total. The molecule has 2 aromatic rings. The SMILES string of the molecule is Cc1nnc(-c2ccc(N)c(C)c2)o1. The van der Waals surface area contributed by atoms with Gasteiger partial charge in [0, 0.05) is 18.2 Å². The number of nitrogens with two attached hydrogens (primary N) is 1. The van der Waals surface area contributed by atoms with Gasteiger partial charge in [0.05, 0.1) is 0 Å². The second kappa shape index (κ2) is 3.14. The van der Waals surface area contributed by atoms with E-state index in [1.54, 1.807) is 6.92 Å². The Morgan fingerprint density at radius 1 is 1.21 bits per heavy atom. The van der Waals surface area contributed by atoms with Gasteiger partial charge in [0.1, 0.15) is 0 Å². The summed E-state index contributed by atoms with van der Waals surface area (Å²) in [6.45, 7) is 3.71. The maximum atomic E-state index is 5.71. The first-order valence-corrected chi connectivity index (χ1v) is 4.33. The molecular weight excluding hydrogens is 178 g/mol. The van der Waals surface area contributed by atoms with Crippen LogP contribution in [0.1, 0.15) is 11.5 Å². The van der Waals surface area contributed by atoms with Crippen LogP contribution in [0.15, 0.2) is 22.6 Å². The van der Waals surface area contributed by atoms with Crippen molar-refractivity contribution in [3.8, 4) is 11.5 Å². The zero-order chi connectivity index (χ0) is 10.1. The number of aromatic nitrogens is 2. The van der Waals surface area contributed by atoms with Gasteiger partial charge >= 0.3 is 0 Å². The Hall–Kier alpha value is -1.84. The lowest BCUT2D eigenvalue weighted by Gasteiger charge is -2.00. The average molecular weight is 189 g/mol. The average Bonchev–Trinajstić information content (AvgIpc) is 2.57. The molecule has 4 nitrogen and oxygen atoms in total. The third-order valence-corrected chi connectivity index (χ3v) is 2.04. The second-order valence-electron chi connectivity index (χ2n) is 3.20. The van der Waals surface area contributed by atoms with Crippen molar-refractivity contribution >= 4 is 5.69 Å². The smallest absolute Gasteiger partial charge is 0.247 e. The molecule has 14 heavy (non-hydrogen) atoms. The molecule has 0 atom stereocenters. The molecule has 0 aliphatic rings. The molecule has 0 unspecified atom stereocenters. The molecule has 2 rings (SSSR count). The lowest BCUT2D eigenvalue weighted by atomic mass is 10.1. The van der Waals surface area contributed by atoms with Crippen LogP contribution < -0.4 is 5.73 Å². The normalized spacial score (nSPS) is 10.4. The summed E-state index contributed by atoms with van der Waals surface area (Å²) in [6.07, 6.45) is 0. The lowest BCUT2D eigenvalue weighted by Crippen LogP contribution is -1.89. The van der Waals surface area contributed by atoms with Crippen LogP contribution in [-0.2, 0) is 0 Å². The number of rotatable bonds is 1. The number of hydrogen-bond acceptors (Lipinski definition) is 4. The van der Waals surface area contributed by atoms with E-state index in [0.29, 0.717) is 11.8 Å². The molecule has 0 aliphatic heterocycles. The van der Waals surface area contributed by atoms with Crippen LogP contribution in [0.3, 0.4) is 0 Å². The van der Waals surface area contributed by atoms with E-state index in [1.807, 2.05) is 25.1 Å². The Morgan fingerprint density at radius 3 is 2.57 bits per heavy atom. The third kappa shape index (κ3) is 1.46. The fraction of sp³-hybridized carbons (Fsp3) is 0.200. The van der Waals surface area contributed by atoms with Crippen LogP contribution in [0.2, 0.25) is 0 Å². The van der Waals surface area contributed by atoms with Crippen LogP contribution in [0.25, 0.3) is 11.5 Å². The number of aryl methyl sites for hydroxylation is 2. The van der Waals surface area contributed by atoms with Crippen LogP contribution >= 0.6 is 0 Å². The van der Waals surface area contributed by atoms with Crippen molar-refractivity contribution in [2.75, 3.05) is 5.73 Å². The molecule has 0 bridgehead atoms. The monoisotopic (exact) mass is 189 g/mol. The van der Waals surface area contributed by atoms with Crippen molar-refractivity contribution in [3.63, 3.8) is 0 Å². The Kier molecular flexibility index (Phi) is 1.96. The standard InChI is InChI=1S/C10H11N3O/c1-6-5-8(3-4-9(6)11)10-13-12-7(2)14-10/h3-5H,11H2,1-2H3. The summed E-state index contributed by atoms with van der Waals surface area (Å²) in [6, 6.07) is 5.64. The number of benzene rings is 1. The highest BCUT2D eigenvalue weighted by molar-refractivity contribution is 5.60. The third-order valence-electron chi connectivity index (χ3n) is 2.04. The molecule has 0 amide bonds. The summed E-state index contributed by atoms with van der Waals surface area (Å²) < 4.78 is 5.30. The molecule has 72 valence electrons. The van der Waals surface area contributed by atoms with Crippen LogP contribution in [0.5, 0.6) is 0 Å². The minimum Gasteiger partial charge on any atom is -0.421 e. The van der Waals surface area contributed by atoms with Gasteiger partial charge in [0.2, 0.25) is 11.8 Å². The topological polar surface area (TPSA) is 64.9 Å². The molecule has 0 aliphatic carbocycles. The number of nitrogens with zero attached hydrogens (tertiary/aromatic N) is 2. The van der Waals surface area contributed by atoms with Gasteiger partial charge in [0.15, 0.2) is 0 Å². The molecule has 0 saturated heterocycles. The van der Waals surface area contributed by atoms with E-state index in [2.05, 4.69) is 10.2 Å². The number of nitrogen functional groups attached to an aromatic ring is 1. The van der Waals surface area contributed by atoms with Gasteiger partial charge in [-0.2, -0.15) is 0 Å². The van der Waals surface area contributed by atoms with Crippen LogP contribution in [-0.4, -0.2) is 10.2 Å². The van der Waals surface area contributed by atoms with Crippen LogP contribution in [0.4, 0.5) is 5.69 Å². The van der Waals surface area contributed by atoms with Gasteiger partial charge in [0.25, 0.3) is 0 Å².